The van der Waals surface area contributed by atoms with Crippen molar-refractivity contribution in [1.82, 2.24) is 15.2 Å². The Morgan fingerprint density at radius 2 is 1.97 bits per heavy atom. The van der Waals surface area contributed by atoms with Crippen molar-refractivity contribution in [2.75, 3.05) is 33.9 Å². The van der Waals surface area contributed by atoms with Gasteiger partial charge in [0.25, 0.3) is 0 Å². The highest BCUT2D eigenvalue weighted by atomic mass is 19.3. The third kappa shape index (κ3) is 7.82. The molecular weight excluding hydrogens is 394 g/mol. The maximum absolute atomic E-state index is 12.3. The minimum Gasteiger partial charge on any atom is -0.475 e. The summed E-state index contributed by atoms with van der Waals surface area (Å²) in [5.74, 6) is 1.37. The van der Waals surface area contributed by atoms with Crippen LogP contribution < -0.4 is 14.8 Å². The highest BCUT2D eigenvalue weighted by molar-refractivity contribution is 5.79. The largest absolute Gasteiger partial charge is 0.475 e. The number of aromatic nitrogens is 1. The van der Waals surface area contributed by atoms with E-state index in [1.165, 1.54) is 12.1 Å². The number of nitrogens with one attached hydrogen (secondary N) is 1. The average molecular weight is 422 g/mol. The Morgan fingerprint density at radius 1 is 1.20 bits per heavy atom. The number of pyridine rings is 1. The maximum Gasteiger partial charge on any atom is 0.387 e. The van der Waals surface area contributed by atoms with E-state index >= 15 is 0 Å². The van der Waals surface area contributed by atoms with Crippen molar-refractivity contribution < 1.29 is 23.0 Å². The van der Waals surface area contributed by atoms with Crippen LogP contribution in [0, 0.1) is 0 Å². The van der Waals surface area contributed by atoms with Crippen LogP contribution in [0.15, 0.2) is 47.6 Å². The van der Waals surface area contributed by atoms with Gasteiger partial charge in [-0.1, -0.05) is 18.2 Å². The summed E-state index contributed by atoms with van der Waals surface area (Å²) >= 11 is 0. The van der Waals surface area contributed by atoms with Gasteiger partial charge in [0.05, 0.1) is 13.2 Å². The number of guanidine groups is 1. The molecular formula is C21H28F2N4O3. The molecule has 2 aromatic rings. The Kier molecular flexibility index (Phi) is 9.79. The van der Waals surface area contributed by atoms with Crippen LogP contribution in [0.3, 0.4) is 0 Å². The van der Waals surface area contributed by atoms with Gasteiger partial charge in [-0.25, -0.2) is 9.98 Å². The lowest BCUT2D eigenvalue weighted by atomic mass is 10.2. The Bertz CT molecular complexity index is 788. The van der Waals surface area contributed by atoms with Crippen molar-refractivity contribution in [1.29, 1.82) is 0 Å². The number of rotatable bonds is 11. The molecule has 164 valence electrons. The van der Waals surface area contributed by atoms with Crippen molar-refractivity contribution in [2.24, 2.45) is 4.99 Å². The Labute approximate surface area is 175 Å². The molecule has 9 heteroatoms. The van der Waals surface area contributed by atoms with E-state index in [0.717, 1.165) is 11.1 Å². The van der Waals surface area contributed by atoms with Crippen LogP contribution in [0.1, 0.15) is 18.1 Å². The number of hydrogen-bond acceptors (Lipinski definition) is 5. The molecule has 0 saturated carbocycles. The van der Waals surface area contributed by atoms with Crippen LogP contribution in [0.25, 0.3) is 0 Å². The van der Waals surface area contributed by atoms with Crippen molar-refractivity contribution in [3.8, 4) is 11.6 Å². The van der Waals surface area contributed by atoms with E-state index in [4.69, 9.17) is 9.47 Å². The summed E-state index contributed by atoms with van der Waals surface area (Å²) in [6, 6.07) is 10.3. The molecule has 1 N–H and O–H groups in total. The van der Waals surface area contributed by atoms with Crippen LogP contribution in [-0.2, 0) is 17.8 Å². The van der Waals surface area contributed by atoms with Gasteiger partial charge >= 0.3 is 6.61 Å². The molecule has 1 heterocycles. The highest BCUT2D eigenvalue weighted by Crippen LogP contribution is 2.17. The standard InChI is InChI=1S/C21H28F2N4O3/c1-4-24-21(26-14-17-6-5-11-25-19(17)29-13-12-28-3)27(2)15-16-7-9-18(10-8-16)30-20(22)23/h5-11,20H,4,12-15H2,1-3H3,(H,24,26). The molecule has 0 aliphatic heterocycles. The number of nitrogens with zero attached hydrogens (tertiary/aromatic N) is 3. The molecule has 0 atom stereocenters. The van der Waals surface area contributed by atoms with Crippen molar-refractivity contribution in [3.05, 3.63) is 53.7 Å². The molecule has 0 aliphatic rings. The van der Waals surface area contributed by atoms with Gasteiger partial charge in [0.1, 0.15) is 12.4 Å². The van der Waals surface area contributed by atoms with Crippen molar-refractivity contribution in [2.45, 2.75) is 26.6 Å². The molecule has 0 fully saturated rings. The van der Waals surface area contributed by atoms with E-state index in [2.05, 4.69) is 20.0 Å². The summed E-state index contributed by atoms with van der Waals surface area (Å²) in [6.45, 7) is 1.69. The Hall–Kier alpha value is -2.94. The first-order valence-electron chi connectivity index (χ1n) is 9.62. The van der Waals surface area contributed by atoms with Gasteiger partial charge in [-0.2, -0.15) is 8.78 Å². The van der Waals surface area contributed by atoms with Gasteiger partial charge in [-0.3, -0.25) is 0 Å². The molecule has 1 aromatic carbocycles. The molecule has 0 aliphatic carbocycles. The van der Waals surface area contributed by atoms with Gasteiger partial charge < -0.3 is 24.4 Å². The van der Waals surface area contributed by atoms with E-state index in [1.54, 1.807) is 25.4 Å². The van der Waals surface area contributed by atoms with E-state index < -0.39 is 6.61 Å². The normalized spacial score (nSPS) is 11.5. The third-order valence-corrected chi connectivity index (χ3v) is 4.04. The first-order valence-corrected chi connectivity index (χ1v) is 9.62. The van der Waals surface area contributed by atoms with Crippen LogP contribution >= 0.6 is 0 Å². The molecule has 0 spiro atoms. The van der Waals surface area contributed by atoms with Crippen LogP contribution in [0.5, 0.6) is 11.6 Å². The monoisotopic (exact) mass is 422 g/mol. The molecule has 0 radical (unpaired) electrons. The summed E-state index contributed by atoms with van der Waals surface area (Å²) < 4.78 is 39.6. The lowest BCUT2D eigenvalue weighted by Gasteiger charge is -2.22. The molecule has 30 heavy (non-hydrogen) atoms. The summed E-state index contributed by atoms with van der Waals surface area (Å²) in [5, 5.41) is 3.25. The van der Waals surface area contributed by atoms with E-state index in [1.807, 2.05) is 31.0 Å². The van der Waals surface area contributed by atoms with E-state index in [0.29, 0.717) is 44.7 Å². The second kappa shape index (κ2) is 12.6. The van der Waals surface area contributed by atoms with Gasteiger partial charge in [0, 0.05) is 39.0 Å². The molecule has 1 aromatic heterocycles. The number of methoxy groups -OCH3 is 1. The summed E-state index contributed by atoms with van der Waals surface area (Å²) in [4.78, 5) is 10.9. The number of ether oxygens (including phenoxy) is 3. The fraction of sp³-hybridized carbons (Fsp3) is 0.429. The zero-order valence-electron chi connectivity index (χ0n) is 17.5. The fourth-order valence-electron chi connectivity index (χ4n) is 2.65. The van der Waals surface area contributed by atoms with Crippen LogP contribution in [0.4, 0.5) is 8.78 Å². The van der Waals surface area contributed by atoms with Crippen LogP contribution in [-0.4, -0.2) is 56.4 Å². The summed E-state index contributed by atoms with van der Waals surface area (Å²) in [6.07, 6.45) is 1.67. The quantitative estimate of drug-likeness (QED) is 0.341. The van der Waals surface area contributed by atoms with Crippen LogP contribution in [0.2, 0.25) is 0 Å². The predicted octanol–water partition coefficient (Wildman–Crippen LogP) is 3.31. The van der Waals surface area contributed by atoms with Gasteiger partial charge in [-0.15, -0.1) is 0 Å². The lowest BCUT2D eigenvalue weighted by molar-refractivity contribution is -0.0498. The first kappa shape index (κ1) is 23.3. The molecule has 0 unspecified atom stereocenters. The smallest absolute Gasteiger partial charge is 0.387 e. The third-order valence-electron chi connectivity index (χ3n) is 4.04. The SMILES string of the molecule is CCNC(=NCc1cccnc1OCCOC)N(C)Cc1ccc(OC(F)F)cc1. The minimum absolute atomic E-state index is 0.134. The molecule has 2 rings (SSSR count). The molecule has 0 amide bonds. The first-order chi connectivity index (χ1) is 14.5. The molecule has 0 bridgehead atoms. The Morgan fingerprint density at radius 3 is 2.63 bits per heavy atom. The second-order valence-corrected chi connectivity index (χ2v) is 6.36. The number of benzene rings is 1. The topological polar surface area (TPSA) is 68.2 Å². The number of halogens is 2. The minimum atomic E-state index is -2.83. The zero-order chi connectivity index (χ0) is 21.8. The molecule has 7 nitrogen and oxygen atoms in total. The number of aliphatic imine (C=N–C) groups is 1. The van der Waals surface area contributed by atoms with Gasteiger partial charge in [0.2, 0.25) is 5.88 Å². The highest BCUT2D eigenvalue weighted by Gasteiger charge is 2.10. The average Bonchev–Trinajstić information content (AvgIpc) is 2.73. The number of alkyl halides is 2. The Balaban J connectivity index is 2.04. The van der Waals surface area contributed by atoms with Gasteiger partial charge in [-0.05, 0) is 30.7 Å². The zero-order valence-corrected chi connectivity index (χ0v) is 17.5. The predicted molar refractivity (Wildman–Crippen MR) is 111 cm³/mol. The lowest BCUT2D eigenvalue weighted by Crippen LogP contribution is -2.38. The molecule has 0 saturated heterocycles. The summed E-state index contributed by atoms with van der Waals surface area (Å²) in [7, 11) is 3.52. The maximum atomic E-state index is 12.3. The summed E-state index contributed by atoms with van der Waals surface area (Å²) in [5.41, 5.74) is 1.81. The second-order valence-electron chi connectivity index (χ2n) is 6.36. The van der Waals surface area contributed by atoms with Crippen molar-refractivity contribution >= 4 is 5.96 Å². The number of hydrogen-bond donors (Lipinski definition) is 1. The van der Waals surface area contributed by atoms with E-state index in [-0.39, 0.29) is 5.75 Å². The van der Waals surface area contributed by atoms with Gasteiger partial charge in [0.15, 0.2) is 5.96 Å². The van der Waals surface area contributed by atoms with E-state index in [9.17, 15) is 8.78 Å². The van der Waals surface area contributed by atoms with Crippen molar-refractivity contribution in [3.63, 3.8) is 0 Å². The fourth-order valence-corrected chi connectivity index (χ4v) is 2.65.